The van der Waals surface area contributed by atoms with E-state index < -0.39 is 17.9 Å². The summed E-state index contributed by atoms with van der Waals surface area (Å²) in [5, 5.41) is 12.3. The van der Waals surface area contributed by atoms with Crippen molar-refractivity contribution in [3.05, 3.63) is 71.2 Å². The highest BCUT2D eigenvalue weighted by Gasteiger charge is 2.28. The van der Waals surface area contributed by atoms with E-state index in [1.807, 2.05) is 6.07 Å². The molecule has 0 aliphatic rings. The predicted octanol–water partition coefficient (Wildman–Crippen LogP) is 4.27. The summed E-state index contributed by atoms with van der Waals surface area (Å²) in [4.78, 5) is 37.3. The largest absolute Gasteiger partial charge is 0.451 e. The smallest absolute Gasteiger partial charge is 0.343 e. The Bertz CT molecular complexity index is 1180. The van der Waals surface area contributed by atoms with E-state index in [1.54, 1.807) is 74.1 Å². The monoisotopic (exact) mass is 433 g/mol. The maximum Gasteiger partial charge on any atom is 0.343 e. The van der Waals surface area contributed by atoms with Gasteiger partial charge in [0.05, 0.1) is 0 Å². The van der Waals surface area contributed by atoms with Crippen molar-refractivity contribution >= 4 is 23.3 Å². The summed E-state index contributed by atoms with van der Waals surface area (Å²) in [6.07, 6.45) is 2.29. The average molecular weight is 433 g/mol. The van der Waals surface area contributed by atoms with Gasteiger partial charge in [-0.15, -0.1) is 0 Å². The molecule has 3 rings (SSSR count). The van der Waals surface area contributed by atoms with Gasteiger partial charge in [-0.2, -0.15) is 5.26 Å². The number of hydrogen-bond acceptors (Lipinski definition) is 6. The normalized spacial score (nSPS) is 11.6. The highest BCUT2D eigenvalue weighted by Crippen LogP contribution is 2.26. The molecule has 2 aromatic heterocycles. The van der Waals surface area contributed by atoms with Crippen LogP contribution in [0.2, 0.25) is 0 Å². The zero-order chi connectivity index (χ0) is 23.4. The predicted molar refractivity (Wildman–Crippen MR) is 117 cm³/mol. The van der Waals surface area contributed by atoms with Crippen LogP contribution < -0.4 is 5.32 Å². The molecule has 1 amide bonds. The van der Waals surface area contributed by atoms with Crippen molar-refractivity contribution in [2.24, 2.45) is 5.92 Å². The van der Waals surface area contributed by atoms with Crippen LogP contribution in [-0.2, 0) is 9.53 Å². The number of carbonyl (C=O) groups excluding carboxylic acids is 3. The molecule has 0 bridgehead atoms. The zero-order valence-electron chi connectivity index (χ0n) is 18.2. The number of nitriles is 1. The highest BCUT2D eigenvalue weighted by atomic mass is 16.5. The number of amides is 1. The molecule has 0 spiro atoms. The van der Waals surface area contributed by atoms with Gasteiger partial charge in [0, 0.05) is 29.6 Å². The topological polar surface area (TPSA) is 114 Å². The number of nitrogens with one attached hydrogen (secondary N) is 1. The first-order valence-corrected chi connectivity index (χ1v) is 10.1. The third kappa shape index (κ3) is 4.62. The van der Waals surface area contributed by atoms with Gasteiger partial charge < -0.3 is 14.5 Å². The van der Waals surface area contributed by atoms with Crippen LogP contribution in [0.15, 0.2) is 53.2 Å². The van der Waals surface area contributed by atoms with Crippen molar-refractivity contribution in [2.45, 2.75) is 33.8 Å². The molecule has 2 heterocycles. The summed E-state index contributed by atoms with van der Waals surface area (Å²) in [6.45, 7) is 6.58. The number of anilines is 1. The van der Waals surface area contributed by atoms with Crippen molar-refractivity contribution < 1.29 is 23.5 Å². The average Bonchev–Trinajstić information content (AvgIpc) is 3.40. The molecule has 0 fully saturated rings. The molecule has 164 valence electrons. The number of carbonyl (C=O) groups is 3. The van der Waals surface area contributed by atoms with Gasteiger partial charge in [-0.3, -0.25) is 14.2 Å². The van der Waals surface area contributed by atoms with E-state index in [0.717, 1.165) is 0 Å². The van der Waals surface area contributed by atoms with Crippen molar-refractivity contribution in [1.29, 1.82) is 5.26 Å². The summed E-state index contributed by atoms with van der Waals surface area (Å²) in [5.74, 6) is -1.10. The number of rotatable bonds is 7. The number of Topliss-reactive ketones (excluding diaryl/α,β-unsaturated/α-hetero) is 1. The van der Waals surface area contributed by atoms with Crippen LogP contribution in [0.25, 0.3) is 5.88 Å². The highest BCUT2D eigenvalue weighted by molar-refractivity contribution is 6.02. The molecule has 1 N–H and O–H groups in total. The van der Waals surface area contributed by atoms with Crippen molar-refractivity contribution in [3.8, 4) is 12.0 Å². The number of hydrogen-bond donors (Lipinski definition) is 1. The van der Waals surface area contributed by atoms with E-state index in [-0.39, 0.29) is 34.6 Å². The molecule has 8 nitrogen and oxygen atoms in total. The van der Waals surface area contributed by atoms with Gasteiger partial charge in [0.1, 0.15) is 23.0 Å². The molecule has 0 saturated carbocycles. The molecule has 1 unspecified atom stereocenters. The minimum Gasteiger partial charge on any atom is -0.451 e. The molecule has 1 atom stereocenters. The molecule has 32 heavy (non-hydrogen) atoms. The Balaban J connectivity index is 1.74. The Labute approximate surface area is 185 Å². The Morgan fingerprint density at radius 1 is 1.09 bits per heavy atom. The van der Waals surface area contributed by atoms with Crippen molar-refractivity contribution in [3.63, 3.8) is 0 Å². The number of furan rings is 1. The van der Waals surface area contributed by atoms with Gasteiger partial charge in [-0.05, 0) is 50.2 Å². The van der Waals surface area contributed by atoms with E-state index in [2.05, 4.69) is 5.32 Å². The number of benzene rings is 1. The second-order valence-electron chi connectivity index (χ2n) is 7.55. The lowest BCUT2D eigenvalue weighted by Crippen LogP contribution is -2.25. The van der Waals surface area contributed by atoms with E-state index in [4.69, 9.17) is 9.15 Å². The maximum atomic E-state index is 12.8. The van der Waals surface area contributed by atoms with Crippen LogP contribution in [0, 0.1) is 24.2 Å². The summed E-state index contributed by atoms with van der Waals surface area (Å²) in [7, 11) is 0. The molecule has 0 radical (unpaired) electrons. The lowest BCUT2D eigenvalue weighted by molar-refractivity contribution is -0.118. The van der Waals surface area contributed by atoms with Crippen LogP contribution in [0.3, 0.4) is 0 Å². The van der Waals surface area contributed by atoms with Crippen LogP contribution in [0.4, 0.5) is 5.69 Å². The van der Waals surface area contributed by atoms with Crippen LogP contribution in [-0.4, -0.2) is 28.3 Å². The standard InChI is InChI=1S/C24H23N3O5/c1-14(2)22(29)26-18-9-7-17(8-10-18)21(28)16(4)32-24(30)20-15(3)31-23(19(20)13-25)27-11-5-6-12-27/h5-12,14,16H,1-4H3,(H,26,29). The van der Waals surface area contributed by atoms with E-state index in [1.165, 1.54) is 6.92 Å². The number of nitrogens with zero attached hydrogens (tertiary/aromatic N) is 2. The second kappa shape index (κ2) is 9.35. The Kier molecular flexibility index (Phi) is 6.59. The molecule has 8 heteroatoms. The van der Waals surface area contributed by atoms with Crippen LogP contribution in [0.5, 0.6) is 0 Å². The van der Waals surface area contributed by atoms with Gasteiger partial charge in [-0.25, -0.2) is 4.79 Å². The van der Waals surface area contributed by atoms with Gasteiger partial charge in [0.25, 0.3) is 0 Å². The number of aryl methyl sites for hydroxylation is 1. The minimum absolute atomic E-state index is 0.0115. The Morgan fingerprint density at radius 3 is 2.28 bits per heavy atom. The molecular formula is C24H23N3O5. The number of ether oxygens (including phenoxy) is 1. The van der Waals surface area contributed by atoms with Gasteiger partial charge in [0.15, 0.2) is 6.10 Å². The maximum absolute atomic E-state index is 12.8. The Morgan fingerprint density at radius 2 is 1.72 bits per heavy atom. The molecule has 0 aliphatic heterocycles. The fraction of sp³-hybridized carbons (Fsp3) is 0.250. The first-order valence-electron chi connectivity index (χ1n) is 10.1. The lowest BCUT2D eigenvalue weighted by Gasteiger charge is -2.13. The fourth-order valence-corrected chi connectivity index (χ4v) is 3.04. The summed E-state index contributed by atoms with van der Waals surface area (Å²) in [6, 6.07) is 11.8. The van der Waals surface area contributed by atoms with Crippen LogP contribution >= 0.6 is 0 Å². The van der Waals surface area contributed by atoms with Gasteiger partial charge in [-0.1, -0.05) is 13.8 Å². The van der Waals surface area contributed by atoms with E-state index in [0.29, 0.717) is 11.3 Å². The molecule has 3 aromatic rings. The quantitative estimate of drug-likeness (QED) is 0.439. The number of ketones is 1. The summed E-state index contributed by atoms with van der Waals surface area (Å²) >= 11 is 0. The molecule has 1 aromatic carbocycles. The van der Waals surface area contributed by atoms with Crippen molar-refractivity contribution in [2.75, 3.05) is 5.32 Å². The first-order chi connectivity index (χ1) is 15.2. The third-order valence-corrected chi connectivity index (χ3v) is 4.83. The Hall–Kier alpha value is -4.12. The third-order valence-electron chi connectivity index (χ3n) is 4.83. The molecule has 0 aliphatic carbocycles. The fourth-order valence-electron chi connectivity index (χ4n) is 3.04. The van der Waals surface area contributed by atoms with Crippen LogP contribution in [0.1, 0.15) is 52.8 Å². The minimum atomic E-state index is -1.09. The van der Waals surface area contributed by atoms with Crippen molar-refractivity contribution in [1.82, 2.24) is 4.57 Å². The summed E-state index contributed by atoms with van der Waals surface area (Å²) in [5.41, 5.74) is 0.914. The molecule has 0 saturated heterocycles. The summed E-state index contributed by atoms with van der Waals surface area (Å²) < 4.78 is 12.5. The van der Waals surface area contributed by atoms with E-state index in [9.17, 15) is 19.6 Å². The SMILES string of the molecule is Cc1oc(-n2cccc2)c(C#N)c1C(=O)OC(C)C(=O)c1ccc(NC(=O)C(C)C)cc1. The van der Waals surface area contributed by atoms with Gasteiger partial charge >= 0.3 is 5.97 Å². The lowest BCUT2D eigenvalue weighted by atomic mass is 10.1. The second-order valence-corrected chi connectivity index (χ2v) is 7.55. The zero-order valence-corrected chi connectivity index (χ0v) is 18.2. The molecular weight excluding hydrogens is 410 g/mol. The van der Waals surface area contributed by atoms with E-state index >= 15 is 0 Å². The number of esters is 1. The number of aromatic nitrogens is 1. The van der Waals surface area contributed by atoms with Gasteiger partial charge in [0.2, 0.25) is 17.6 Å². The first kappa shape index (κ1) is 22.6.